The van der Waals surface area contributed by atoms with Crippen LogP contribution in [0.1, 0.15) is 11.3 Å². The van der Waals surface area contributed by atoms with Gasteiger partial charge in [-0.25, -0.2) is 0 Å². The summed E-state index contributed by atoms with van der Waals surface area (Å²) >= 11 is 1.63. The number of alkyl halides is 3. The Morgan fingerprint density at radius 3 is 2.68 bits per heavy atom. The van der Waals surface area contributed by atoms with E-state index in [1.807, 2.05) is 17.5 Å². The van der Waals surface area contributed by atoms with Crippen molar-refractivity contribution in [2.24, 2.45) is 0 Å². The number of nitrogens with zero attached hydrogens (tertiary/aromatic N) is 2. The highest BCUT2D eigenvalue weighted by Gasteiger charge is 2.42. The van der Waals surface area contributed by atoms with Crippen molar-refractivity contribution in [1.82, 2.24) is 9.80 Å². The van der Waals surface area contributed by atoms with Crippen molar-refractivity contribution in [2.45, 2.75) is 19.1 Å². The molecule has 3 nitrogen and oxygen atoms in total. The molecule has 19 heavy (non-hydrogen) atoms. The summed E-state index contributed by atoms with van der Waals surface area (Å²) in [4.78, 5) is 15.4. The van der Waals surface area contributed by atoms with E-state index in [0.717, 1.165) is 18.0 Å². The number of rotatable bonds is 2. The summed E-state index contributed by atoms with van der Waals surface area (Å²) in [6.07, 6.45) is -4.18. The Bertz CT molecular complexity index is 419. The van der Waals surface area contributed by atoms with Crippen molar-refractivity contribution in [2.75, 3.05) is 26.2 Å². The van der Waals surface area contributed by atoms with E-state index in [1.54, 1.807) is 11.3 Å². The summed E-state index contributed by atoms with van der Waals surface area (Å²) in [6, 6.07) is 3.96. The van der Waals surface area contributed by atoms with Gasteiger partial charge in [0.1, 0.15) is 0 Å². The molecule has 1 aromatic heterocycles. The molecule has 1 aliphatic rings. The van der Waals surface area contributed by atoms with Crippen LogP contribution in [0.4, 0.5) is 13.2 Å². The van der Waals surface area contributed by atoms with Crippen molar-refractivity contribution in [1.29, 1.82) is 0 Å². The molecule has 0 unspecified atom stereocenters. The maximum Gasteiger partial charge on any atom is 0.471 e. The molecule has 0 N–H and O–H groups in total. The second-order valence-corrected chi connectivity index (χ2v) is 5.53. The molecule has 0 saturated carbocycles. The molecule has 1 aromatic rings. The lowest BCUT2D eigenvalue weighted by Gasteiger charge is -2.22. The first-order chi connectivity index (χ1) is 8.97. The average molecular weight is 292 g/mol. The lowest BCUT2D eigenvalue weighted by Crippen LogP contribution is -2.43. The Balaban J connectivity index is 1.89. The van der Waals surface area contributed by atoms with Gasteiger partial charge in [-0.3, -0.25) is 9.69 Å². The van der Waals surface area contributed by atoms with E-state index in [0.29, 0.717) is 13.0 Å². The summed E-state index contributed by atoms with van der Waals surface area (Å²) in [5.74, 6) is -1.72. The first kappa shape index (κ1) is 14.3. The highest BCUT2D eigenvalue weighted by atomic mass is 32.1. The predicted molar refractivity (Wildman–Crippen MR) is 66.8 cm³/mol. The molecule has 2 heterocycles. The Morgan fingerprint density at radius 1 is 1.26 bits per heavy atom. The number of hydrogen-bond acceptors (Lipinski definition) is 3. The molecule has 1 aliphatic heterocycles. The Morgan fingerprint density at radius 2 is 2.05 bits per heavy atom. The summed E-state index contributed by atoms with van der Waals surface area (Å²) in [5, 5.41) is 1.98. The normalized spacial score (nSPS) is 18.4. The Labute approximate surface area is 113 Å². The molecule has 7 heteroatoms. The fraction of sp³-hybridized carbons (Fsp3) is 0.583. The quantitative estimate of drug-likeness (QED) is 0.835. The molecular formula is C12H15F3N2OS. The van der Waals surface area contributed by atoms with Gasteiger partial charge in [0, 0.05) is 37.6 Å². The Hall–Kier alpha value is -1.08. The first-order valence-corrected chi connectivity index (χ1v) is 6.95. The maximum atomic E-state index is 12.4. The van der Waals surface area contributed by atoms with Crippen molar-refractivity contribution in [3.63, 3.8) is 0 Å². The number of hydrogen-bond donors (Lipinski definition) is 0. The van der Waals surface area contributed by atoms with Crippen LogP contribution in [0, 0.1) is 0 Å². The molecular weight excluding hydrogens is 277 g/mol. The summed E-state index contributed by atoms with van der Waals surface area (Å²) in [6.45, 7) is 2.27. The van der Waals surface area contributed by atoms with Gasteiger partial charge in [-0.15, -0.1) is 11.3 Å². The van der Waals surface area contributed by atoms with Crippen LogP contribution in [-0.4, -0.2) is 48.1 Å². The van der Waals surface area contributed by atoms with Crippen LogP contribution < -0.4 is 0 Å². The molecule has 0 radical (unpaired) electrons. The zero-order valence-corrected chi connectivity index (χ0v) is 11.1. The van der Waals surface area contributed by atoms with Crippen LogP contribution in [0.3, 0.4) is 0 Å². The van der Waals surface area contributed by atoms with Crippen molar-refractivity contribution >= 4 is 17.2 Å². The maximum absolute atomic E-state index is 12.4. The molecule has 1 saturated heterocycles. The lowest BCUT2D eigenvalue weighted by atomic mass is 10.3. The highest BCUT2D eigenvalue weighted by Crippen LogP contribution is 2.20. The molecule has 1 fully saturated rings. The van der Waals surface area contributed by atoms with E-state index in [9.17, 15) is 18.0 Å². The number of thiophene rings is 1. The second kappa shape index (κ2) is 5.92. The lowest BCUT2D eigenvalue weighted by molar-refractivity contribution is -0.185. The summed E-state index contributed by atoms with van der Waals surface area (Å²) in [7, 11) is 0. The molecule has 2 rings (SSSR count). The Kier molecular flexibility index (Phi) is 4.46. The summed E-state index contributed by atoms with van der Waals surface area (Å²) in [5.41, 5.74) is 0. The minimum atomic E-state index is -4.76. The van der Waals surface area contributed by atoms with Gasteiger partial charge in [0.25, 0.3) is 0 Å². The van der Waals surface area contributed by atoms with E-state index < -0.39 is 12.1 Å². The van der Waals surface area contributed by atoms with Crippen LogP contribution in [0.25, 0.3) is 0 Å². The van der Waals surface area contributed by atoms with Crippen molar-refractivity contribution in [3.05, 3.63) is 22.4 Å². The second-order valence-electron chi connectivity index (χ2n) is 4.50. The van der Waals surface area contributed by atoms with Crippen LogP contribution in [0.15, 0.2) is 17.5 Å². The molecule has 0 bridgehead atoms. The fourth-order valence-electron chi connectivity index (χ4n) is 2.13. The van der Waals surface area contributed by atoms with Gasteiger partial charge >= 0.3 is 12.1 Å². The number of carbonyl (C=O) groups is 1. The van der Waals surface area contributed by atoms with E-state index in [-0.39, 0.29) is 13.1 Å². The summed E-state index contributed by atoms with van der Waals surface area (Å²) < 4.78 is 37.1. The molecule has 0 aromatic carbocycles. The molecule has 0 atom stereocenters. The third-order valence-corrected chi connectivity index (χ3v) is 3.94. The van der Waals surface area contributed by atoms with Gasteiger partial charge in [-0.2, -0.15) is 13.2 Å². The van der Waals surface area contributed by atoms with Gasteiger partial charge in [0.15, 0.2) is 0 Å². The zero-order chi connectivity index (χ0) is 13.9. The largest absolute Gasteiger partial charge is 0.471 e. The molecule has 0 spiro atoms. The topological polar surface area (TPSA) is 23.6 Å². The van der Waals surface area contributed by atoms with E-state index >= 15 is 0 Å². The third-order valence-electron chi connectivity index (χ3n) is 3.08. The van der Waals surface area contributed by atoms with Gasteiger partial charge < -0.3 is 4.90 Å². The van der Waals surface area contributed by atoms with Crippen molar-refractivity contribution in [3.8, 4) is 0 Å². The molecule has 106 valence electrons. The fourth-order valence-corrected chi connectivity index (χ4v) is 2.88. The third kappa shape index (κ3) is 3.94. The van der Waals surface area contributed by atoms with Crippen LogP contribution in [0.2, 0.25) is 0 Å². The van der Waals surface area contributed by atoms with Gasteiger partial charge in [0.2, 0.25) is 0 Å². The van der Waals surface area contributed by atoms with E-state index in [4.69, 9.17) is 0 Å². The van der Waals surface area contributed by atoms with Gasteiger partial charge in [-0.1, -0.05) is 6.07 Å². The zero-order valence-electron chi connectivity index (χ0n) is 10.3. The first-order valence-electron chi connectivity index (χ1n) is 6.07. The average Bonchev–Trinajstić information content (AvgIpc) is 2.72. The SMILES string of the molecule is O=C(N1CCCN(Cc2cccs2)CC1)C(F)(F)F. The van der Waals surface area contributed by atoms with Gasteiger partial charge in [0.05, 0.1) is 0 Å². The number of carbonyl (C=O) groups excluding carboxylic acids is 1. The number of amides is 1. The molecule has 0 aliphatic carbocycles. The molecule has 1 amide bonds. The van der Waals surface area contributed by atoms with Crippen LogP contribution >= 0.6 is 11.3 Å². The van der Waals surface area contributed by atoms with Crippen molar-refractivity contribution < 1.29 is 18.0 Å². The van der Waals surface area contributed by atoms with Crippen LogP contribution in [0.5, 0.6) is 0 Å². The highest BCUT2D eigenvalue weighted by molar-refractivity contribution is 7.09. The minimum absolute atomic E-state index is 0.143. The number of halogens is 3. The van der Waals surface area contributed by atoms with E-state index in [1.165, 1.54) is 4.88 Å². The van der Waals surface area contributed by atoms with Crippen LogP contribution in [-0.2, 0) is 11.3 Å². The van der Waals surface area contributed by atoms with E-state index in [2.05, 4.69) is 4.90 Å². The standard InChI is InChI=1S/C12H15F3N2OS/c13-12(14,15)11(18)17-5-2-4-16(6-7-17)9-10-3-1-8-19-10/h1,3,8H,2,4-7,9H2. The monoisotopic (exact) mass is 292 g/mol. The van der Waals surface area contributed by atoms with Gasteiger partial charge in [-0.05, 0) is 17.9 Å². The smallest absolute Gasteiger partial charge is 0.334 e. The predicted octanol–water partition coefficient (Wildman–Crippen LogP) is 2.34. The minimum Gasteiger partial charge on any atom is -0.334 e.